The zero-order valence-corrected chi connectivity index (χ0v) is 23.1. The van der Waals surface area contributed by atoms with E-state index in [4.69, 9.17) is 49.0 Å². The number of morpholine rings is 1. The van der Waals surface area contributed by atoms with Crippen LogP contribution in [0.15, 0.2) is 53.0 Å². The first-order chi connectivity index (χ1) is 17.0. The quantitative estimate of drug-likeness (QED) is 0.271. The molecule has 0 unspecified atom stereocenters. The molecule has 0 spiro atoms. The van der Waals surface area contributed by atoms with Gasteiger partial charge in [0.05, 0.1) is 30.5 Å². The molecule has 1 heterocycles. The van der Waals surface area contributed by atoms with E-state index in [-0.39, 0.29) is 6.61 Å². The van der Waals surface area contributed by atoms with E-state index >= 15 is 0 Å². The molecule has 1 saturated heterocycles. The van der Waals surface area contributed by atoms with Crippen LogP contribution in [0.4, 0.5) is 11.4 Å². The monoisotopic (exact) mass is 598 g/mol. The molecular formula is C26H26BrCl3N2O3. The van der Waals surface area contributed by atoms with Crippen LogP contribution in [-0.4, -0.2) is 32.9 Å². The van der Waals surface area contributed by atoms with Gasteiger partial charge in [-0.05, 0) is 55.0 Å². The lowest BCUT2D eigenvalue weighted by molar-refractivity contribution is 0.122. The number of ether oxygens (including phenoxy) is 3. The van der Waals surface area contributed by atoms with E-state index < -0.39 is 0 Å². The lowest BCUT2D eigenvalue weighted by Gasteiger charge is -2.29. The number of halogens is 4. The molecule has 3 aromatic rings. The van der Waals surface area contributed by atoms with Gasteiger partial charge in [0, 0.05) is 45.4 Å². The predicted octanol–water partition coefficient (Wildman–Crippen LogP) is 7.84. The molecule has 1 fully saturated rings. The van der Waals surface area contributed by atoms with Gasteiger partial charge >= 0.3 is 0 Å². The first-order valence-electron chi connectivity index (χ1n) is 11.3. The molecule has 3 aromatic carbocycles. The Bertz CT molecular complexity index is 1150. The summed E-state index contributed by atoms with van der Waals surface area (Å²) in [4.78, 5) is 2.25. The lowest BCUT2D eigenvalue weighted by Crippen LogP contribution is -2.36. The van der Waals surface area contributed by atoms with Crippen LogP contribution in [0.3, 0.4) is 0 Å². The van der Waals surface area contributed by atoms with E-state index in [1.807, 2.05) is 43.3 Å². The van der Waals surface area contributed by atoms with Gasteiger partial charge in [-0.1, -0.05) is 56.8 Å². The first-order valence-corrected chi connectivity index (χ1v) is 13.3. The van der Waals surface area contributed by atoms with Gasteiger partial charge in [0.15, 0.2) is 11.5 Å². The molecule has 5 nitrogen and oxygen atoms in total. The predicted molar refractivity (Wildman–Crippen MR) is 148 cm³/mol. The Morgan fingerprint density at radius 2 is 1.66 bits per heavy atom. The summed E-state index contributed by atoms with van der Waals surface area (Å²) in [6.45, 7) is 6.38. The summed E-state index contributed by atoms with van der Waals surface area (Å²) in [6.07, 6.45) is 0. The van der Waals surface area contributed by atoms with Crippen LogP contribution in [0.25, 0.3) is 0 Å². The Kier molecular flexibility index (Phi) is 9.31. The Morgan fingerprint density at radius 3 is 2.34 bits per heavy atom. The molecule has 9 heteroatoms. The van der Waals surface area contributed by atoms with Crippen molar-refractivity contribution in [1.29, 1.82) is 0 Å². The smallest absolute Gasteiger partial charge is 0.162 e. The van der Waals surface area contributed by atoms with Crippen LogP contribution in [0.1, 0.15) is 18.1 Å². The highest BCUT2D eigenvalue weighted by atomic mass is 79.9. The molecule has 1 N–H and O–H groups in total. The van der Waals surface area contributed by atoms with Gasteiger partial charge in [0.1, 0.15) is 6.61 Å². The number of nitrogens with one attached hydrogen (secondary N) is 1. The van der Waals surface area contributed by atoms with Crippen LogP contribution in [-0.2, 0) is 17.9 Å². The summed E-state index contributed by atoms with van der Waals surface area (Å²) in [5.74, 6) is 1.26. The summed E-state index contributed by atoms with van der Waals surface area (Å²) in [5, 5.41) is 5.29. The number of anilines is 2. The molecule has 0 bridgehead atoms. The minimum absolute atomic E-state index is 0.233. The number of nitrogens with zero attached hydrogens (tertiary/aromatic N) is 1. The Hall–Kier alpha value is -1.83. The van der Waals surface area contributed by atoms with Crippen molar-refractivity contribution in [3.63, 3.8) is 0 Å². The third-order valence-corrected chi connectivity index (χ3v) is 7.38. The second kappa shape index (κ2) is 12.4. The molecule has 4 rings (SSSR count). The van der Waals surface area contributed by atoms with Gasteiger partial charge < -0.3 is 24.4 Å². The average molecular weight is 601 g/mol. The number of hydrogen-bond acceptors (Lipinski definition) is 5. The van der Waals surface area contributed by atoms with E-state index in [9.17, 15) is 0 Å². The van der Waals surface area contributed by atoms with Crippen LogP contribution in [0.5, 0.6) is 11.5 Å². The summed E-state index contributed by atoms with van der Waals surface area (Å²) < 4.78 is 18.2. The number of hydrogen-bond donors (Lipinski definition) is 1. The fraction of sp³-hybridized carbons (Fsp3) is 0.308. The maximum Gasteiger partial charge on any atom is 0.162 e. The van der Waals surface area contributed by atoms with Gasteiger partial charge in [-0.2, -0.15) is 0 Å². The van der Waals surface area contributed by atoms with E-state index in [0.717, 1.165) is 53.3 Å². The SMILES string of the molecule is CCOc1cc(CNc2ccc(N3CCOCC3)c(Cl)c2)c(Br)cc1OCc1c(Cl)cccc1Cl. The Morgan fingerprint density at radius 1 is 0.943 bits per heavy atom. The van der Waals surface area contributed by atoms with Crippen molar-refractivity contribution in [3.05, 3.63) is 79.2 Å². The molecule has 0 aliphatic carbocycles. The van der Waals surface area contributed by atoms with Crippen LogP contribution in [0, 0.1) is 0 Å². The van der Waals surface area contributed by atoms with Crippen LogP contribution >= 0.6 is 50.7 Å². The highest BCUT2D eigenvalue weighted by Crippen LogP contribution is 2.36. The third-order valence-electron chi connectivity index (χ3n) is 5.63. The molecule has 1 aliphatic heterocycles. The highest BCUT2D eigenvalue weighted by Gasteiger charge is 2.16. The van der Waals surface area contributed by atoms with Gasteiger partial charge in [0.2, 0.25) is 0 Å². The van der Waals surface area contributed by atoms with Crippen molar-refractivity contribution in [2.24, 2.45) is 0 Å². The molecule has 1 aliphatic rings. The van der Waals surface area contributed by atoms with E-state index in [1.54, 1.807) is 12.1 Å². The summed E-state index contributed by atoms with van der Waals surface area (Å²) >= 11 is 22.8. The minimum Gasteiger partial charge on any atom is -0.490 e. The fourth-order valence-electron chi connectivity index (χ4n) is 3.79. The Labute approximate surface area is 229 Å². The zero-order valence-electron chi connectivity index (χ0n) is 19.3. The average Bonchev–Trinajstić information content (AvgIpc) is 2.85. The highest BCUT2D eigenvalue weighted by molar-refractivity contribution is 9.10. The maximum atomic E-state index is 6.58. The Balaban J connectivity index is 1.46. The summed E-state index contributed by atoms with van der Waals surface area (Å²) in [6, 6.07) is 15.3. The zero-order chi connectivity index (χ0) is 24.8. The van der Waals surface area contributed by atoms with E-state index in [2.05, 4.69) is 26.1 Å². The summed E-state index contributed by atoms with van der Waals surface area (Å²) in [5.41, 5.74) is 3.72. The normalized spacial score (nSPS) is 13.6. The van der Waals surface area contributed by atoms with Gasteiger partial charge in [-0.3, -0.25) is 0 Å². The maximum absolute atomic E-state index is 6.58. The van der Waals surface area contributed by atoms with Crippen molar-refractivity contribution < 1.29 is 14.2 Å². The van der Waals surface area contributed by atoms with Crippen molar-refractivity contribution in [1.82, 2.24) is 0 Å². The van der Waals surface area contributed by atoms with Crippen molar-refractivity contribution in [3.8, 4) is 11.5 Å². The second-order valence-corrected chi connectivity index (χ2v) is 10.0. The first kappa shape index (κ1) is 26.2. The van der Waals surface area contributed by atoms with E-state index in [1.165, 1.54) is 0 Å². The molecule has 0 atom stereocenters. The lowest BCUT2D eigenvalue weighted by atomic mass is 10.2. The molecule has 0 amide bonds. The second-order valence-electron chi connectivity index (χ2n) is 7.93. The van der Waals surface area contributed by atoms with Crippen LogP contribution in [0.2, 0.25) is 15.1 Å². The molecule has 186 valence electrons. The molecular weight excluding hydrogens is 575 g/mol. The molecule has 0 radical (unpaired) electrons. The minimum atomic E-state index is 0.233. The number of benzene rings is 3. The van der Waals surface area contributed by atoms with Gasteiger partial charge in [0.25, 0.3) is 0 Å². The van der Waals surface area contributed by atoms with Gasteiger partial charge in [-0.15, -0.1) is 0 Å². The topological polar surface area (TPSA) is 43.0 Å². The fourth-order valence-corrected chi connectivity index (χ4v) is 5.06. The van der Waals surface area contributed by atoms with Crippen molar-refractivity contribution >= 4 is 62.1 Å². The molecule has 0 saturated carbocycles. The summed E-state index contributed by atoms with van der Waals surface area (Å²) in [7, 11) is 0. The molecule has 35 heavy (non-hydrogen) atoms. The van der Waals surface area contributed by atoms with Gasteiger partial charge in [-0.25, -0.2) is 0 Å². The third kappa shape index (κ3) is 6.69. The molecule has 0 aromatic heterocycles. The van der Waals surface area contributed by atoms with Crippen molar-refractivity contribution in [2.45, 2.75) is 20.1 Å². The van der Waals surface area contributed by atoms with Crippen molar-refractivity contribution in [2.75, 3.05) is 43.1 Å². The van der Waals surface area contributed by atoms with Crippen LogP contribution < -0.4 is 19.7 Å². The largest absolute Gasteiger partial charge is 0.490 e. The standard InChI is InChI=1S/C26H26BrCl3N2O3/c1-2-34-25-12-17(20(27)14-26(25)35-16-19-21(28)4-3-5-22(19)29)15-31-18-6-7-24(23(30)13-18)32-8-10-33-11-9-32/h3-7,12-14,31H,2,8-11,15-16H2,1H3. The van der Waals surface area contributed by atoms with E-state index in [0.29, 0.717) is 39.7 Å². The number of rotatable bonds is 9.